The molecule has 2 amide bonds. The number of carbonyl (C=O) groups excluding carboxylic acids is 1. The van der Waals surface area contributed by atoms with Gasteiger partial charge in [-0.15, -0.1) is 10.2 Å². The number of hydrogen-bond acceptors (Lipinski definition) is 5. The number of anilines is 3. The highest BCUT2D eigenvalue weighted by atomic mass is 16.5. The maximum Gasteiger partial charge on any atom is 0.323 e. The lowest BCUT2D eigenvalue weighted by Crippen LogP contribution is -2.30. The summed E-state index contributed by atoms with van der Waals surface area (Å²) in [6.45, 7) is 2.08. The fraction of sp³-hybridized carbons (Fsp3) is 0.261. The summed E-state index contributed by atoms with van der Waals surface area (Å²) >= 11 is 0. The number of piperidine rings is 1. The molecule has 0 spiro atoms. The van der Waals surface area contributed by atoms with Crippen molar-refractivity contribution in [2.75, 3.05) is 35.7 Å². The summed E-state index contributed by atoms with van der Waals surface area (Å²) in [5.74, 6) is 1.66. The van der Waals surface area contributed by atoms with Crippen LogP contribution in [0.25, 0.3) is 11.3 Å². The van der Waals surface area contributed by atoms with Crippen molar-refractivity contribution in [3.05, 3.63) is 60.7 Å². The lowest BCUT2D eigenvalue weighted by molar-refractivity contribution is 0.262. The molecule has 1 aliphatic rings. The number of ether oxygens (including phenoxy) is 1. The normalized spacial score (nSPS) is 13.6. The van der Waals surface area contributed by atoms with Crippen LogP contribution in [0.2, 0.25) is 0 Å². The predicted octanol–water partition coefficient (Wildman–Crippen LogP) is 4.79. The van der Waals surface area contributed by atoms with Gasteiger partial charge < -0.3 is 20.3 Å². The number of urea groups is 1. The second kappa shape index (κ2) is 9.26. The van der Waals surface area contributed by atoms with Gasteiger partial charge in [0.1, 0.15) is 5.75 Å². The monoisotopic (exact) mass is 403 g/mol. The molecule has 4 rings (SSSR count). The van der Waals surface area contributed by atoms with Gasteiger partial charge in [-0.2, -0.15) is 0 Å². The molecule has 0 aliphatic carbocycles. The first-order chi connectivity index (χ1) is 14.7. The van der Waals surface area contributed by atoms with Gasteiger partial charge in [0.05, 0.1) is 12.8 Å². The van der Waals surface area contributed by atoms with Gasteiger partial charge in [0.15, 0.2) is 5.82 Å². The Kier molecular flexibility index (Phi) is 6.08. The highest BCUT2D eigenvalue weighted by Crippen LogP contribution is 2.23. The highest BCUT2D eigenvalue weighted by Gasteiger charge is 2.13. The van der Waals surface area contributed by atoms with Crippen molar-refractivity contribution in [2.45, 2.75) is 19.3 Å². The van der Waals surface area contributed by atoms with Crippen LogP contribution in [0, 0.1) is 0 Å². The molecule has 1 saturated heterocycles. The quantitative estimate of drug-likeness (QED) is 0.640. The minimum atomic E-state index is -0.316. The Balaban J connectivity index is 1.41. The average molecular weight is 403 g/mol. The van der Waals surface area contributed by atoms with Crippen molar-refractivity contribution in [1.29, 1.82) is 0 Å². The molecule has 0 bridgehead atoms. The Bertz CT molecular complexity index is 983. The summed E-state index contributed by atoms with van der Waals surface area (Å²) in [4.78, 5) is 14.6. The molecular weight excluding hydrogens is 378 g/mol. The predicted molar refractivity (Wildman–Crippen MR) is 119 cm³/mol. The third-order valence-corrected chi connectivity index (χ3v) is 5.09. The Morgan fingerprint density at radius 1 is 0.900 bits per heavy atom. The molecule has 0 atom stereocenters. The fourth-order valence-corrected chi connectivity index (χ4v) is 3.49. The standard InChI is InChI=1S/C23H25N5O2/c1-30-20-10-8-18(9-11-20)24-23(29)25-19-7-5-6-17(16-19)21-12-13-22(27-26-21)28-14-3-2-4-15-28/h5-13,16H,2-4,14-15H2,1H3,(H2,24,25,29). The summed E-state index contributed by atoms with van der Waals surface area (Å²) in [5.41, 5.74) is 3.04. The highest BCUT2D eigenvalue weighted by molar-refractivity contribution is 6.00. The minimum absolute atomic E-state index is 0.316. The van der Waals surface area contributed by atoms with Crippen LogP contribution in [0.3, 0.4) is 0 Å². The topological polar surface area (TPSA) is 79.4 Å². The molecule has 2 N–H and O–H groups in total. The van der Waals surface area contributed by atoms with E-state index in [1.807, 2.05) is 36.4 Å². The number of aromatic nitrogens is 2. The van der Waals surface area contributed by atoms with Crippen molar-refractivity contribution in [1.82, 2.24) is 10.2 Å². The van der Waals surface area contributed by atoms with Crippen molar-refractivity contribution in [3.63, 3.8) is 0 Å². The smallest absolute Gasteiger partial charge is 0.323 e. The number of amides is 2. The second-order valence-corrected chi connectivity index (χ2v) is 7.21. The molecule has 2 aromatic carbocycles. The molecule has 0 saturated carbocycles. The zero-order valence-corrected chi connectivity index (χ0v) is 17.0. The molecule has 30 heavy (non-hydrogen) atoms. The van der Waals surface area contributed by atoms with Crippen molar-refractivity contribution < 1.29 is 9.53 Å². The zero-order chi connectivity index (χ0) is 20.8. The van der Waals surface area contributed by atoms with Gasteiger partial charge in [-0.05, 0) is 67.8 Å². The van der Waals surface area contributed by atoms with E-state index in [0.717, 1.165) is 35.9 Å². The van der Waals surface area contributed by atoms with Gasteiger partial charge in [-0.25, -0.2) is 4.79 Å². The second-order valence-electron chi connectivity index (χ2n) is 7.21. The van der Waals surface area contributed by atoms with Crippen LogP contribution in [-0.4, -0.2) is 36.4 Å². The fourth-order valence-electron chi connectivity index (χ4n) is 3.49. The van der Waals surface area contributed by atoms with E-state index in [1.54, 1.807) is 31.4 Å². The summed E-state index contributed by atoms with van der Waals surface area (Å²) < 4.78 is 5.12. The zero-order valence-electron chi connectivity index (χ0n) is 17.0. The number of hydrogen-bond donors (Lipinski definition) is 2. The van der Waals surface area contributed by atoms with Crippen LogP contribution in [-0.2, 0) is 0 Å². The van der Waals surface area contributed by atoms with E-state index < -0.39 is 0 Å². The van der Waals surface area contributed by atoms with Gasteiger partial charge in [-0.1, -0.05) is 12.1 Å². The molecule has 1 fully saturated rings. The van der Waals surface area contributed by atoms with Crippen molar-refractivity contribution in [2.24, 2.45) is 0 Å². The van der Waals surface area contributed by atoms with Gasteiger partial charge in [-0.3, -0.25) is 0 Å². The molecule has 2 heterocycles. The van der Waals surface area contributed by atoms with Crippen LogP contribution < -0.4 is 20.3 Å². The van der Waals surface area contributed by atoms with E-state index in [9.17, 15) is 4.79 Å². The Morgan fingerprint density at radius 3 is 2.37 bits per heavy atom. The minimum Gasteiger partial charge on any atom is -0.497 e. The Hall–Kier alpha value is -3.61. The lowest BCUT2D eigenvalue weighted by Gasteiger charge is -2.27. The average Bonchev–Trinajstić information content (AvgIpc) is 2.80. The van der Waals surface area contributed by atoms with Crippen LogP contribution in [0.1, 0.15) is 19.3 Å². The van der Waals surface area contributed by atoms with Crippen molar-refractivity contribution in [3.8, 4) is 17.0 Å². The first-order valence-corrected chi connectivity index (χ1v) is 10.1. The van der Waals surface area contributed by atoms with Crippen LogP contribution >= 0.6 is 0 Å². The van der Waals surface area contributed by atoms with Gasteiger partial charge in [0, 0.05) is 30.0 Å². The Labute approximate surface area is 176 Å². The SMILES string of the molecule is COc1ccc(NC(=O)Nc2cccc(-c3ccc(N4CCCCC4)nn3)c2)cc1. The van der Waals surface area contributed by atoms with E-state index >= 15 is 0 Å². The molecular formula is C23H25N5O2. The van der Waals surface area contributed by atoms with Gasteiger partial charge in [0.2, 0.25) is 0 Å². The first kappa shape index (κ1) is 19.7. The summed E-state index contributed by atoms with van der Waals surface area (Å²) in [6.07, 6.45) is 3.69. The van der Waals surface area contributed by atoms with Crippen LogP contribution in [0.5, 0.6) is 5.75 Å². The molecule has 7 nitrogen and oxygen atoms in total. The number of rotatable bonds is 5. The maximum atomic E-state index is 12.3. The maximum absolute atomic E-state index is 12.3. The first-order valence-electron chi connectivity index (χ1n) is 10.1. The molecule has 1 aromatic heterocycles. The number of nitrogens with one attached hydrogen (secondary N) is 2. The van der Waals surface area contributed by atoms with E-state index in [2.05, 4.69) is 25.7 Å². The van der Waals surface area contributed by atoms with E-state index in [-0.39, 0.29) is 6.03 Å². The number of methoxy groups -OCH3 is 1. The number of carbonyl (C=O) groups is 1. The Morgan fingerprint density at radius 2 is 1.67 bits per heavy atom. The molecule has 154 valence electrons. The third-order valence-electron chi connectivity index (χ3n) is 5.09. The lowest BCUT2D eigenvalue weighted by atomic mass is 10.1. The van der Waals surface area contributed by atoms with E-state index in [4.69, 9.17) is 4.74 Å². The largest absolute Gasteiger partial charge is 0.497 e. The van der Waals surface area contributed by atoms with E-state index in [0.29, 0.717) is 11.4 Å². The van der Waals surface area contributed by atoms with Crippen molar-refractivity contribution >= 4 is 23.2 Å². The summed E-state index contributed by atoms with van der Waals surface area (Å²) in [5, 5.41) is 14.5. The van der Waals surface area contributed by atoms with Gasteiger partial charge >= 0.3 is 6.03 Å². The molecule has 3 aromatic rings. The summed E-state index contributed by atoms with van der Waals surface area (Å²) in [6, 6.07) is 18.4. The van der Waals surface area contributed by atoms with Crippen LogP contribution in [0.15, 0.2) is 60.7 Å². The van der Waals surface area contributed by atoms with Gasteiger partial charge in [0.25, 0.3) is 0 Å². The van der Waals surface area contributed by atoms with Crippen LogP contribution in [0.4, 0.5) is 22.0 Å². The molecule has 7 heteroatoms. The molecule has 0 unspecified atom stereocenters. The third kappa shape index (κ3) is 4.86. The number of benzene rings is 2. The molecule has 0 radical (unpaired) electrons. The van der Waals surface area contributed by atoms with E-state index in [1.165, 1.54) is 19.3 Å². The number of nitrogens with zero attached hydrogens (tertiary/aromatic N) is 3. The summed E-state index contributed by atoms with van der Waals surface area (Å²) in [7, 11) is 1.60. The molecule has 1 aliphatic heterocycles.